The summed E-state index contributed by atoms with van der Waals surface area (Å²) < 4.78 is 6.79. The molecule has 3 aromatic rings. The van der Waals surface area contributed by atoms with E-state index in [-0.39, 0.29) is 0 Å². The molecule has 3 rings (SSSR count). The van der Waals surface area contributed by atoms with Gasteiger partial charge in [0.2, 0.25) is 0 Å². The predicted octanol–water partition coefficient (Wildman–Crippen LogP) is 5.28. The number of unbranched alkanes of at least 4 members (excludes halogenated alkanes) is 1. The molecule has 0 unspecified atom stereocenters. The molecule has 2 aromatic carbocycles. The van der Waals surface area contributed by atoms with Crippen molar-refractivity contribution in [2.24, 2.45) is 5.73 Å². The number of hydrogen-bond acceptors (Lipinski definition) is 2. The Kier molecular flexibility index (Phi) is 5.59. The van der Waals surface area contributed by atoms with Gasteiger partial charge in [0.05, 0.1) is 12.3 Å². The van der Waals surface area contributed by atoms with E-state index in [1.807, 2.05) is 19.1 Å². The zero-order chi connectivity index (χ0) is 16.9. The van der Waals surface area contributed by atoms with Crippen LogP contribution in [-0.2, 0) is 6.42 Å². The molecule has 0 spiro atoms. The molecule has 24 heavy (non-hydrogen) atoms. The number of aryl methyl sites for hydroxylation is 1. The van der Waals surface area contributed by atoms with E-state index in [2.05, 4.69) is 51.2 Å². The SMILES string of the molecule is CCOc1ccc2[nH]c(-c3ccccc3Br)c(CCCCN)c2c1. The first-order chi connectivity index (χ1) is 11.7. The van der Waals surface area contributed by atoms with Crippen molar-refractivity contribution in [3.05, 3.63) is 52.5 Å². The summed E-state index contributed by atoms with van der Waals surface area (Å²) in [5, 5.41) is 1.24. The molecular weight excluding hydrogens is 364 g/mol. The average molecular weight is 387 g/mol. The molecule has 1 heterocycles. The van der Waals surface area contributed by atoms with E-state index in [1.54, 1.807) is 0 Å². The minimum Gasteiger partial charge on any atom is -0.494 e. The first-order valence-corrected chi connectivity index (χ1v) is 9.26. The molecular formula is C20H23BrN2O. The lowest BCUT2D eigenvalue weighted by atomic mass is 10.00. The standard InChI is InChI=1S/C20H23BrN2O/c1-2-24-14-10-11-19-17(13-14)15(7-5-6-12-22)20(23-19)16-8-3-4-9-18(16)21/h3-4,8-11,13,23H,2,5-7,12,22H2,1H3. The smallest absolute Gasteiger partial charge is 0.120 e. The molecule has 1 aromatic heterocycles. The van der Waals surface area contributed by atoms with Crippen LogP contribution < -0.4 is 10.5 Å². The highest BCUT2D eigenvalue weighted by Crippen LogP contribution is 2.36. The van der Waals surface area contributed by atoms with Crippen molar-refractivity contribution >= 4 is 26.8 Å². The molecule has 0 amide bonds. The third-order valence-corrected chi connectivity index (χ3v) is 4.90. The van der Waals surface area contributed by atoms with Gasteiger partial charge in [-0.05, 0) is 62.6 Å². The van der Waals surface area contributed by atoms with Gasteiger partial charge in [-0.3, -0.25) is 0 Å². The first kappa shape index (κ1) is 17.1. The van der Waals surface area contributed by atoms with Crippen molar-refractivity contribution in [1.82, 2.24) is 4.98 Å². The largest absolute Gasteiger partial charge is 0.494 e. The molecule has 0 fully saturated rings. The highest BCUT2D eigenvalue weighted by molar-refractivity contribution is 9.10. The van der Waals surface area contributed by atoms with Gasteiger partial charge < -0.3 is 15.5 Å². The third kappa shape index (κ3) is 3.50. The number of nitrogens with one attached hydrogen (secondary N) is 1. The van der Waals surface area contributed by atoms with Gasteiger partial charge in [0.15, 0.2) is 0 Å². The normalized spacial score (nSPS) is 11.1. The van der Waals surface area contributed by atoms with Crippen LogP contribution in [0.3, 0.4) is 0 Å². The summed E-state index contributed by atoms with van der Waals surface area (Å²) in [6.45, 7) is 3.42. The molecule has 0 saturated heterocycles. The molecule has 0 atom stereocenters. The van der Waals surface area contributed by atoms with E-state index >= 15 is 0 Å². The molecule has 0 aliphatic carbocycles. The number of nitrogens with two attached hydrogens (primary N) is 1. The maximum atomic E-state index is 5.69. The molecule has 3 N–H and O–H groups in total. The zero-order valence-corrected chi connectivity index (χ0v) is 15.5. The Bertz CT molecular complexity index is 826. The van der Waals surface area contributed by atoms with Gasteiger partial charge in [0, 0.05) is 20.9 Å². The van der Waals surface area contributed by atoms with E-state index in [1.165, 1.54) is 22.2 Å². The van der Waals surface area contributed by atoms with Crippen LogP contribution in [0.2, 0.25) is 0 Å². The lowest BCUT2D eigenvalue weighted by molar-refractivity contribution is 0.340. The minimum atomic E-state index is 0.676. The summed E-state index contributed by atoms with van der Waals surface area (Å²) in [7, 11) is 0. The summed E-state index contributed by atoms with van der Waals surface area (Å²) in [6, 6.07) is 14.6. The van der Waals surface area contributed by atoms with Gasteiger partial charge in [-0.25, -0.2) is 0 Å². The first-order valence-electron chi connectivity index (χ1n) is 8.47. The second-order valence-corrected chi connectivity index (χ2v) is 6.70. The van der Waals surface area contributed by atoms with E-state index in [9.17, 15) is 0 Å². The number of aromatic nitrogens is 1. The Morgan fingerprint density at radius 3 is 2.71 bits per heavy atom. The second-order valence-electron chi connectivity index (χ2n) is 5.84. The van der Waals surface area contributed by atoms with Gasteiger partial charge in [0.25, 0.3) is 0 Å². The fourth-order valence-electron chi connectivity index (χ4n) is 3.08. The summed E-state index contributed by atoms with van der Waals surface area (Å²) in [5.41, 5.74) is 10.5. The second kappa shape index (κ2) is 7.86. The number of aromatic amines is 1. The lowest BCUT2D eigenvalue weighted by Crippen LogP contribution is -1.99. The van der Waals surface area contributed by atoms with Gasteiger partial charge in [-0.15, -0.1) is 0 Å². The van der Waals surface area contributed by atoms with Crippen LogP contribution in [0.4, 0.5) is 0 Å². The van der Waals surface area contributed by atoms with Crippen LogP contribution in [0.1, 0.15) is 25.3 Å². The maximum Gasteiger partial charge on any atom is 0.120 e. The highest BCUT2D eigenvalue weighted by Gasteiger charge is 2.15. The fourth-order valence-corrected chi connectivity index (χ4v) is 3.57. The monoisotopic (exact) mass is 386 g/mol. The summed E-state index contributed by atoms with van der Waals surface area (Å²) in [4.78, 5) is 3.60. The molecule has 0 saturated carbocycles. The van der Waals surface area contributed by atoms with Crippen LogP contribution in [0.25, 0.3) is 22.2 Å². The molecule has 3 nitrogen and oxygen atoms in total. The van der Waals surface area contributed by atoms with Crippen molar-refractivity contribution in [3.63, 3.8) is 0 Å². The van der Waals surface area contributed by atoms with Gasteiger partial charge >= 0.3 is 0 Å². The van der Waals surface area contributed by atoms with Gasteiger partial charge in [0.1, 0.15) is 5.75 Å². The minimum absolute atomic E-state index is 0.676. The Morgan fingerprint density at radius 2 is 1.96 bits per heavy atom. The van der Waals surface area contributed by atoms with Crippen molar-refractivity contribution in [3.8, 4) is 17.0 Å². The van der Waals surface area contributed by atoms with Crippen molar-refractivity contribution < 1.29 is 4.74 Å². The van der Waals surface area contributed by atoms with Gasteiger partial charge in [-0.2, -0.15) is 0 Å². The van der Waals surface area contributed by atoms with Crippen molar-refractivity contribution in [1.29, 1.82) is 0 Å². The molecule has 0 aliphatic heterocycles. The maximum absolute atomic E-state index is 5.69. The number of rotatable bonds is 7. The van der Waals surface area contributed by atoms with Crippen LogP contribution in [0.15, 0.2) is 46.9 Å². The van der Waals surface area contributed by atoms with Crippen LogP contribution in [0.5, 0.6) is 5.75 Å². The van der Waals surface area contributed by atoms with Crippen LogP contribution in [0, 0.1) is 0 Å². The predicted molar refractivity (Wildman–Crippen MR) is 105 cm³/mol. The number of halogens is 1. The van der Waals surface area contributed by atoms with E-state index in [0.717, 1.165) is 41.5 Å². The summed E-state index contributed by atoms with van der Waals surface area (Å²) in [6.07, 6.45) is 3.12. The number of ether oxygens (including phenoxy) is 1. The van der Waals surface area contributed by atoms with Crippen molar-refractivity contribution in [2.75, 3.05) is 13.2 Å². The average Bonchev–Trinajstić information content (AvgIpc) is 2.94. The Labute approximate surface area is 151 Å². The van der Waals surface area contributed by atoms with E-state index in [0.29, 0.717) is 6.61 Å². The fraction of sp³-hybridized carbons (Fsp3) is 0.300. The van der Waals surface area contributed by atoms with Crippen LogP contribution >= 0.6 is 15.9 Å². The number of H-pyrrole nitrogens is 1. The van der Waals surface area contributed by atoms with E-state index < -0.39 is 0 Å². The summed E-state index contributed by atoms with van der Waals surface area (Å²) >= 11 is 3.68. The number of benzene rings is 2. The van der Waals surface area contributed by atoms with E-state index in [4.69, 9.17) is 10.5 Å². The Hall–Kier alpha value is -1.78. The molecule has 126 valence electrons. The summed E-state index contributed by atoms with van der Waals surface area (Å²) in [5.74, 6) is 0.919. The third-order valence-electron chi connectivity index (χ3n) is 4.21. The Balaban J connectivity index is 2.12. The topological polar surface area (TPSA) is 51.0 Å². The van der Waals surface area contributed by atoms with Crippen LogP contribution in [-0.4, -0.2) is 18.1 Å². The highest BCUT2D eigenvalue weighted by atomic mass is 79.9. The lowest BCUT2D eigenvalue weighted by Gasteiger charge is -2.08. The number of hydrogen-bond donors (Lipinski definition) is 2. The molecule has 4 heteroatoms. The quantitative estimate of drug-likeness (QED) is 0.542. The van der Waals surface area contributed by atoms with Gasteiger partial charge in [-0.1, -0.05) is 34.1 Å². The molecule has 0 aliphatic rings. The molecule has 0 radical (unpaired) electrons. The Morgan fingerprint density at radius 1 is 1.12 bits per heavy atom. The molecule has 0 bridgehead atoms. The van der Waals surface area contributed by atoms with Crippen molar-refractivity contribution in [2.45, 2.75) is 26.2 Å². The zero-order valence-electron chi connectivity index (χ0n) is 13.9. The number of fused-ring (bicyclic) bond motifs is 1.